The van der Waals surface area contributed by atoms with Crippen molar-refractivity contribution >= 4 is 25.7 Å². The molecule has 3 aliphatic rings. The van der Waals surface area contributed by atoms with Crippen molar-refractivity contribution in [2.75, 3.05) is 64.3 Å². The highest BCUT2D eigenvalue weighted by molar-refractivity contribution is 7.89. The average Bonchev–Trinajstić information content (AvgIpc) is 3.67. The summed E-state index contributed by atoms with van der Waals surface area (Å²) in [5, 5.41) is 3.37. The van der Waals surface area contributed by atoms with Crippen molar-refractivity contribution < 1.29 is 16.8 Å². The van der Waals surface area contributed by atoms with Crippen LogP contribution in [0.25, 0.3) is 11.1 Å². The van der Waals surface area contributed by atoms with Crippen LogP contribution in [0.3, 0.4) is 0 Å². The lowest BCUT2D eigenvalue weighted by Gasteiger charge is -2.36. The molecule has 2 fully saturated rings. The van der Waals surface area contributed by atoms with Gasteiger partial charge in [0.05, 0.1) is 9.79 Å². The molecule has 56 heavy (non-hydrogen) atoms. The molecule has 3 aliphatic heterocycles. The van der Waals surface area contributed by atoms with E-state index in [1.165, 1.54) is 9.99 Å². The number of sulfonamides is 2. The van der Waals surface area contributed by atoms with E-state index in [0.717, 1.165) is 104 Å². The van der Waals surface area contributed by atoms with E-state index in [1.54, 1.807) is 35.6 Å². The normalized spacial score (nSPS) is 17.4. The lowest BCUT2D eigenvalue weighted by atomic mass is 10.00. The molecule has 8 rings (SSSR count). The van der Waals surface area contributed by atoms with Crippen LogP contribution in [0.1, 0.15) is 27.8 Å². The Morgan fingerprint density at radius 3 is 1.86 bits per heavy atom. The fraction of sp³-hybridized carbons (Fsp3) is 0.318. The summed E-state index contributed by atoms with van der Waals surface area (Å²) in [6.45, 7) is 10.2. The Morgan fingerprint density at radius 1 is 0.571 bits per heavy atom. The van der Waals surface area contributed by atoms with Crippen molar-refractivity contribution in [3.63, 3.8) is 0 Å². The molecule has 292 valence electrons. The van der Waals surface area contributed by atoms with E-state index >= 15 is 0 Å². The van der Waals surface area contributed by atoms with Crippen molar-refractivity contribution in [1.82, 2.24) is 23.7 Å². The van der Waals surface area contributed by atoms with Crippen LogP contribution in [0.2, 0.25) is 0 Å². The average molecular weight is 791 g/mol. The van der Waals surface area contributed by atoms with Gasteiger partial charge in [0.2, 0.25) is 20.0 Å². The predicted molar refractivity (Wildman–Crippen MR) is 222 cm³/mol. The zero-order valence-electron chi connectivity index (χ0n) is 31.9. The third kappa shape index (κ3) is 8.62. The van der Waals surface area contributed by atoms with E-state index < -0.39 is 20.0 Å². The summed E-state index contributed by atoms with van der Waals surface area (Å²) >= 11 is 0. The Labute approximate surface area is 332 Å². The number of hydrogen-bond donors (Lipinski definition) is 1. The van der Waals surface area contributed by atoms with Crippen LogP contribution >= 0.6 is 0 Å². The molecule has 10 nitrogen and oxygen atoms in total. The number of benzene rings is 5. The summed E-state index contributed by atoms with van der Waals surface area (Å²) in [4.78, 5) is 7.86. The molecule has 2 saturated heterocycles. The first-order valence-corrected chi connectivity index (χ1v) is 22.3. The van der Waals surface area contributed by atoms with Crippen molar-refractivity contribution in [3.05, 3.63) is 149 Å². The van der Waals surface area contributed by atoms with Gasteiger partial charge in [-0.1, -0.05) is 78.9 Å². The summed E-state index contributed by atoms with van der Waals surface area (Å²) in [6, 6.07) is 39.3. The zero-order chi connectivity index (χ0) is 38.7. The fourth-order valence-corrected chi connectivity index (χ4v) is 10.5. The minimum Gasteiger partial charge on any atom is -0.369 e. The second kappa shape index (κ2) is 16.6. The number of anilines is 1. The van der Waals surface area contributed by atoms with E-state index in [1.807, 2.05) is 54.6 Å². The van der Waals surface area contributed by atoms with Crippen molar-refractivity contribution in [2.24, 2.45) is 0 Å². The van der Waals surface area contributed by atoms with Crippen LogP contribution in [-0.4, -0.2) is 94.7 Å². The maximum atomic E-state index is 13.7. The monoisotopic (exact) mass is 790 g/mol. The van der Waals surface area contributed by atoms with Gasteiger partial charge in [0.15, 0.2) is 0 Å². The Kier molecular flexibility index (Phi) is 11.4. The predicted octanol–water partition coefficient (Wildman–Crippen LogP) is 5.61. The van der Waals surface area contributed by atoms with E-state index in [4.69, 9.17) is 0 Å². The molecule has 1 N–H and O–H groups in total. The second-order valence-corrected chi connectivity index (χ2v) is 19.1. The number of fused-ring (bicyclic) bond motifs is 1. The standard InChI is InChI=1S/C44H50N6O4S2/c1-46(30-35-6-3-2-4-7-35)55(51,52)43-16-10-37(11-17-43)32-48-24-26-49(27-25-48)42-9-5-8-38(29-42)39-14-15-40-33-50(34-41(40)28-39)56(53,54)44-18-12-36(13-19-44)31-47-22-20-45-21-23-47/h2-19,28-29,45H,20-27,30-34H2,1H3. The molecule has 0 radical (unpaired) electrons. The maximum Gasteiger partial charge on any atom is 0.243 e. The summed E-state index contributed by atoms with van der Waals surface area (Å²) in [5.41, 5.74) is 8.62. The van der Waals surface area contributed by atoms with Gasteiger partial charge in [-0.15, -0.1) is 0 Å². The topological polar surface area (TPSA) is 96.5 Å². The van der Waals surface area contributed by atoms with Crippen molar-refractivity contribution in [2.45, 2.75) is 42.5 Å². The third-order valence-electron chi connectivity index (χ3n) is 11.3. The minimum absolute atomic E-state index is 0.303. The fourth-order valence-electron chi connectivity index (χ4n) is 7.93. The molecule has 0 aromatic heterocycles. The molecule has 0 aliphatic carbocycles. The highest BCUT2D eigenvalue weighted by atomic mass is 32.2. The van der Waals surface area contributed by atoms with Gasteiger partial charge in [-0.25, -0.2) is 16.8 Å². The maximum absolute atomic E-state index is 13.7. The zero-order valence-corrected chi connectivity index (χ0v) is 33.6. The smallest absolute Gasteiger partial charge is 0.243 e. The van der Waals surface area contributed by atoms with E-state index in [-0.39, 0.29) is 0 Å². The first-order chi connectivity index (χ1) is 27.1. The van der Waals surface area contributed by atoms with Gasteiger partial charge >= 0.3 is 0 Å². The number of rotatable bonds is 12. The molecule has 12 heteroatoms. The van der Waals surface area contributed by atoms with Gasteiger partial charge in [-0.2, -0.15) is 8.61 Å². The quantitative estimate of drug-likeness (QED) is 0.175. The number of nitrogens with zero attached hydrogens (tertiary/aromatic N) is 5. The highest BCUT2D eigenvalue weighted by Gasteiger charge is 2.31. The molecule has 0 saturated carbocycles. The van der Waals surface area contributed by atoms with Crippen molar-refractivity contribution in [1.29, 1.82) is 0 Å². The van der Waals surface area contributed by atoms with Gasteiger partial charge in [0.1, 0.15) is 0 Å². The second-order valence-electron chi connectivity index (χ2n) is 15.1. The number of piperazine rings is 2. The van der Waals surface area contributed by atoms with E-state index in [2.05, 4.69) is 62.5 Å². The molecule has 0 bridgehead atoms. The Bertz CT molecular complexity index is 2340. The molecule has 5 aromatic carbocycles. The van der Waals surface area contributed by atoms with Gasteiger partial charge in [-0.3, -0.25) is 9.80 Å². The lowest BCUT2D eigenvalue weighted by molar-refractivity contribution is 0.233. The van der Waals surface area contributed by atoms with Gasteiger partial charge < -0.3 is 10.2 Å². The number of nitrogens with one attached hydrogen (secondary N) is 1. The third-order valence-corrected chi connectivity index (χ3v) is 14.9. The Balaban J connectivity index is 0.854. The van der Waals surface area contributed by atoms with Gasteiger partial charge in [-0.05, 0) is 81.4 Å². The molecule has 0 unspecified atom stereocenters. The first-order valence-electron chi connectivity index (χ1n) is 19.4. The molecule has 0 spiro atoms. The number of hydrogen-bond acceptors (Lipinski definition) is 8. The SMILES string of the molecule is CN(Cc1ccccc1)S(=O)(=O)c1ccc(CN2CCN(c3cccc(-c4ccc5c(c4)CN(S(=O)(=O)c4ccc(CN6CCNCC6)cc4)C5)c3)CC2)cc1. The van der Waals surface area contributed by atoms with Crippen LogP contribution in [-0.2, 0) is 52.8 Å². The summed E-state index contributed by atoms with van der Waals surface area (Å²) < 4.78 is 56.8. The minimum atomic E-state index is -3.63. The van der Waals surface area contributed by atoms with E-state index in [9.17, 15) is 16.8 Å². The first kappa shape index (κ1) is 38.5. The van der Waals surface area contributed by atoms with Crippen LogP contribution in [0.4, 0.5) is 5.69 Å². The molecule has 3 heterocycles. The molecule has 0 amide bonds. The molecule has 0 atom stereocenters. The largest absolute Gasteiger partial charge is 0.369 e. The van der Waals surface area contributed by atoms with Gasteiger partial charge in [0.25, 0.3) is 0 Å². The van der Waals surface area contributed by atoms with Crippen LogP contribution < -0.4 is 10.2 Å². The molecular formula is C44H50N6O4S2. The summed E-state index contributed by atoms with van der Waals surface area (Å²) in [7, 11) is -5.60. The van der Waals surface area contributed by atoms with Crippen LogP contribution in [0.5, 0.6) is 0 Å². The van der Waals surface area contributed by atoms with Crippen LogP contribution in [0.15, 0.2) is 131 Å². The van der Waals surface area contributed by atoms with E-state index in [0.29, 0.717) is 29.4 Å². The summed E-state index contributed by atoms with van der Waals surface area (Å²) in [6.07, 6.45) is 0. The summed E-state index contributed by atoms with van der Waals surface area (Å²) in [5.74, 6) is 0. The van der Waals surface area contributed by atoms with Crippen LogP contribution in [0, 0.1) is 0 Å². The Morgan fingerprint density at radius 2 is 1.18 bits per heavy atom. The molecular weight excluding hydrogens is 741 g/mol. The lowest BCUT2D eigenvalue weighted by Crippen LogP contribution is -2.45. The molecule has 5 aromatic rings. The Hall–Kier alpha value is -4.40. The van der Waals surface area contributed by atoms with Gasteiger partial charge in [0, 0.05) is 97.8 Å². The van der Waals surface area contributed by atoms with Crippen molar-refractivity contribution in [3.8, 4) is 11.1 Å². The highest BCUT2D eigenvalue weighted by Crippen LogP contribution is 2.33.